The van der Waals surface area contributed by atoms with E-state index in [2.05, 4.69) is 9.89 Å². The maximum absolute atomic E-state index is 12.1. The summed E-state index contributed by atoms with van der Waals surface area (Å²) in [5.74, 6) is 0.696. The molecule has 1 aromatic carbocycles. The van der Waals surface area contributed by atoms with E-state index in [0.717, 1.165) is 24.7 Å². The molecule has 0 fully saturated rings. The van der Waals surface area contributed by atoms with Crippen LogP contribution in [0.4, 0.5) is 11.4 Å². The number of hydrogen-bond acceptors (Lipinski definition) is 4. The average Bonchev–Trinajstić information content (AvgIpc) is 2.75. The Morgan fingerprint density at radius 1 is 1.44 bits per heavy atom. The number of carbonyl (C=O) groups is 1. The summed E-state index contributed by atoms with van der Waals surface area (Å²) in [5.41, 5.74) is 7.88. The molecule has 2 aliphatic rings. The van der Waals surface area contributed by atoms with Gasteiger partial charge in [0.1, 0.15) is 0 Å². The van der Waals surface area contributed by atoms with Gasteiger partial charge in [0.15, 0.2) is 0 Å². The summed E-state index contributed by atoms with van der Waals surface area (Å²) in [6, 6.07) is 5.42. The molecule has 0 radical (unpaired) electrons. The van der Waals surface area contributed by atoms with Crippen LogP contribution in [-0.4, -0.2) is 36.9 Å². The van der Waals surface area contributed by atoms with Crippen LogP contribution in [0, 0.1) is 0 Å². The zero-order chi connectivity index (χ0) is 11.3. The van der Waals surface area contributed by atoms with E-state index in [1.54, 1.807) is 18.0 Å². The number of fused-ring (bicyclic) bond motifs is 3. The standard InChI is InChI=1S/C11H12N4O/c1-14-10(16)8-6-7(12)2-3-9(8)15-5-4-13-11(14)15/h2-3,6H,4-5,12H2,1H3. The largest absolute Gasteiger partial charge is 0.399 e. The molecule has 1 amide bonds. The first-order valence-corrected chi connectivity index (χ1v) is 5.18. The van der Waals surface area contributed by atoms with Crippen molar-refractivity contribution < 1.29 is 4.79 Å². The van der Waals surface area contributed by atoms with Gasteiger partial charge < -0.3 is 10.6 Å². The van der Waals surface area contributed by atoms with Gasteiger partial charge in [0.25, 0.3) is 5.91 Å². The summed E-state index contributed by atoms with van der Waals surface area (Å²) in [5, 5.41) is 0. The molecule has 0 saturated carbocycles. The third-order valence-electron chi connectivity index (χ3n) is 2.96. The quantitative estimate of drug-likeness (QED) is 0.643. The Morgan fingerprint density at radius 2 is 2.25 bits per heavy atom. The molecule has 0 bridgehead atoms. The van der Waals surface area contributed by atoms with E-state index in [9.17, 15) is 4.79 Å². The van der Waals surface area contributed by atoms with Crippen molar-refractivity contribution in [3.8, 4) is 0 Å². The second-order valence-electron chi connectivity index (χ2n) is 3.97. The number of anilines is 2. The molecule has 5 nitrogen and oxygen atoms in total. The van der Waals surface area contributed by atoms with E-state index in [0.29, 0.717) is 11.3 Å². The highest BCUT2D eigenvalue weighted by Crippen LogP contribution is 2.31. The number of nitrogens with two attached hydrogens (primary N) is 1. The molecule has 0 aromatic heterocycles. The lowest BCUT2D eigenvalue weighted by Crippen LogP contribution is -2.48. The van der Waals surface area contributed by atoms with E-state index in [1.807, 2.05) is 12.1 Å². The predicted molar refractivity (Wildman–Crippen MR) is 62.6 cm³/mol. The highest BCUT2D eigenvalue weighted by atomic mass is 16.2. The first-order chi connectivity index (χ1) is 7.68. The van der Waals surface area contributed by atoms with Crippen molar-refractivity contribution in [1.29, 1.82) is 0 Å². The second-order valence-corrected chi connectivity index (χ2v) is 3.97. The van der Waals surface area contributed by atoms with Crippen molar-refractivity contribution >= 4 is 23.2 Å². The van der Waals surface area contributed by atoms with Crippen molar-refractivity contribution in [2.45, 2.75) is 0 Å². The normalized spacial score (nSPS) is 18.3. The van der Waals surface area contributed by atoms with Gasteiger partial charge in [-0.3, -0.25) is 14.7 Å². The van der Waals surface area contributed by atoms with Crippen molar-refractivity contribution in [1.82, 2.24) is 4.90 Å². The number of nitrogen functional groups attached to an aromatic ring is 1. The Morgan fingerprint density at radius 3 is 3.06 bits per heavy atom. The molecule has 0 atom stereocenters. The molecular weight excluding hydrogens is 204 g/mol. The zero-order valence-electron chi connectivity index (χ0n) is 8.97. The van der Waals surface area contributed by atoms with Crippen LogP contribution in [0.25, 0.3) is 0 Å². The summed E-state index contributed by atoms with van der Waals surface area (Å²) in [7, 11) is 1.74. The topological polar surface area (TPSA) is 61.9 Å². The molecule has 0 unspecified atom stereocenters. The van der Waals surface area contributed by atoms with Gasteiger partial charge in [-0.15, -0.1) is 0 Å². The minimum absolute atomic E-state index is 0.0424. The summed E-state index contributed by atoms with van der Waals surface area (Å²) in [6.07, 6.45) is 0. The van der Waals surface area contributed by atoms with Crippen LogP contribution >= 0.6 is 0 Å². The van der Waals surface area contributed by atoms with Gasteiger partial charge >= 0.3 is 0 Å². The minimum Gasteiger partial charge on any atom is -0.399 e. The lowest BCUT2D eigenvalue weighted by molar-refractivity contribution is 0.0865. The summed E-state index contributed by atoms with van der Waals surface area (Å²) in [4.78, 5) is 20.0. The van der Waals surface area contributed by atoms with E-state index in [1.165, 1.54) is 0 Å². The van der Waals surface area contributed by atoms with E-state index >= 15 is 0 Å². The third kappa shape index (κ3) is 1.05. The van der Waals surface area contributed by atoms with Gasteiger partial charge in [0, 0.05) is 19.3 Å². The highest BCUT2D eigenvalue weighted by Gasteiger charge is 2.34. The lowest BCUT2D eigenvalue weighted by Gasteiger charge is -2.33. The summed E-state index contributed by atoms with van der Waals surface area (Å²) in [6.45, 7) is 1.56. The molecule has 2 aliphatic heterocycles. The number of aliphatic imine (C=N–C) groups is 1. The fourth-order valence-electron chi connectivity index (χ4n) is 2.18. The zero-order valence-corrected chi connectivity index (χ0v) is 8.97. The van der Waals surface area contributed by atoms with Crippen LogP contribution < -0.4 is 10.6 Å². The van der Waals surface area contributed by atoms with Gasteiger partial charge in [0.2, 0.25) is 5.96 Å². The molecule has 2 heterocycles. The van der Waals surface area contributed by atoms with Gasteiger partial charge in [-0.25, -0.2) is 0 Å². The molecule has 16 heavy (non-hydrogen) atoms. The molecule has 2 N–H and O–H groups in total. The number of benzene rings is 1. The number of rotatable bonds is 0. The average molecular weight is 216 g/mol. The minimum atomic E-state index is -0.0424. The van der Waals surface area contributed by atoms with Crippen molar-refractivity contribution in [2.24, 2.45) is 4.99 Å². The maximum atomic E-state index is 12.1. The first-order valence-electron chi connectivity index (χ1n) is 5.18. The molecular formula is C11H12N4O. The number of amides is 1. The van der Waals surface area contributed by atoms with Crippen molar-refractivity contribution in [2.75, 3.05) is 30.8 Å². The molecule has 0 spiro atoms. The lowest BCUT2D eigenvalue weighted by atomic mass is 10.1. The number of carbonyl (C=O) groups excluding carboxylic acids is 1. The van der Waals surface area contributed by atoms with E-state index in [-0.39, 0.29) is 5.91 Å². The first kappa shape index (κ1) is 9.21. The van der Waals surface area contributed by atoms with E-state index < -0.39 is 0 Å². The second kappa shape index (κ2) is 2.98. The molecule has 0 aliphatic carbocycles. The number of hydrogen-bond donors (Lipinski definition) is 1. The van der Waals surface area contributed by atoms with Gasteiger partial charge in [-0.2, -0.15) is 0 Å². The Labute approximate surface area is 93.2 Å². The van der Waals surface area contributed by atoms with Crippen LogP contribution in [0.15, 0.2) is 23.2 Å². The summed E-state index contributed by atoms with van der Waals surface area (Å²) < 4.78 is 0. The van der Waals surface area contributed by atoms with Gasteiger partial charge in [0.05, 0.1) is 17.8 Å². The maximum Gasteiger partial charge on any atom is 0.262 e. The fourth-order valence-corrected chi connectivity index (χ4v) is 2.18. The summed E-state index contributed by atoms with van der Waals surface area (Å²) >= 11 is 0. The fraction of sp³-hybridized carbons (Fsp3) is 0.273. The molecule has 82 valence electrons. The predicted octanol–water partition coefficient (Wildman–Crippen LogP) is 0.530. The van der Waals surface area contributed by atoms with Crippen molar-refractivity contribution in [3.63, 3.8) is 0 Å². The smallest absolute Gasteiger partial charge is 0.262 e. The SMILES string of the molecule is CN1C(=O)c2cc(N)ccc2N2CCN=C12. The third-order valence-corrected chi connectivity index (χ3v) is 2.96. The van der Waals surface area contributed by atoms with E-state index in [4.69, 9.17) is 5.73 Å². The number of guanidine groups is 1. The molecule has 0 saturated heterocycles. The monoisotopic (exact) mass is 216 g/mol. The van der Waals surface area contributed by atoms with Gasteiger partial charge in [-0.05, 0) is 18.2 Å². The number of nitrogens with zero attached hydrogens (tertiary/aromatic N) is 3. The van der Waals surface area contributed by atoms with Crippen LogP contribution in [0.3, 0.4) is 0 Å². The van der Waals surface area contributed by atoms with Crippen LogP contribution in [0.1, 0.15) is 10.4 Å². The Bertz CT molecular complexity index is 509. The van der Waals surface area contributed by atoms with Crippen LogP contribution in [0.5, 0.6) is 0 Å². The van der Waals surface area contributed by atoms with Crippen molar-refractivity contribution in [3.05, 3.63) is 23.8 Å². The van der Waals surface area contributed by atoms with Crippen LogP contribution in [-0.2, 0) is 0 Å². The van der Waals surface area contributed by atoms with Crippen LogP contribution in [0.2, 0.25) is 0 Å². The Kier molecular flexibility index (Phi) is 1.71. The molecule has 5 heteroatoms. The van der Waals surface area contributed by atoms with Gasteiger partial charge in [-0.1, -0.05) is 0 Å². The highest BCUT2D eigenvalue weighted by molar-refractivity contribution is 6.19. The Hall–Kier alpha value is -2.04. The molecule has 1 aromatic rings. The Balaban J connectivity index is 2.22. The molecule has 3 rings (SSSR count).